The van der Waals surface area contributed by atoms with E-state index in [1.165, 1.54) is 24.8 Å². The fraction of sp³-hybridized carbons (Fsp3) is 0.385. The number of ether oxygens (including phenoxy) is 1. The lowest BCUT2D eigenvalue weighted by Crippen LogP contribution is -2.42. The van der Waals surface area contributed by atoms with E-state index >= 15 is 0 Å². The smallest absolute Gasteiger partial charge is 0.247 e. The Labute approximate surface area is 266 Å². The first-order valence-corrected chi connectivity index (χ1v) is 16.7. The molecule has 6 nitrogen and oxygen atoms in total. The van der Waals surface area contributed by atoms with Gasteiger partial charge in [-0.05, 0) is 92.5 Å². The highest BCUT2D eigenvalue weighted by Gasteiger charge is 2.29. The molecular weight excluding hydrogens is 556 g/mol. The zero-order valence-corrected chi connectivity index (χ0v) is 26.5. The number of carbonyl (C=O) groups excluding carboxylic acids is 1. The van der Waals surface area contributed by atoms with E-state index in [4.69, 9.17) is 9.84 Å². The summed E-state index contributed by atoms with van der Waals surface area (Å²) < 4.78 is 8.26. The van der Waals surface area contributed by atoms with Crippen LogP contribution in [0.5, 0.6) is 0 Å². The van der Waals surface area contributed by atoms with E-state index in [1.807, 2.05) is 24.3 Å². The van der Waals surface area contributed by atoms with Crippen molar-refractivity contribution in [2.75, 3.05) is 13.2 Å². The molecule has 232 valence electrons. The molecule has 0 bridgehead atoms. The zero-order valence-electron chi connectivity index (χ0n) is 26.5. The lowest BCUT2D eigenvalue weighted by Gasteiger charge is -2.39. The first-order valence-electron chi connectivity index (χ1n) is 16.7. The molecular formula is C39H44N4O2. The molecule has 3 fully saturated rings. The molecule has 7 rings (SSSR count). The largest absolute Gasteiger partial charge is 0.356 e. The van der Waals surface area contributed by atoms with Gasteiger partial charge in [0.05, 0.1) is 11.2 Å². The van der Waals surface area contributed by atoms with Crippen molar-refractivity contribution in [2.45, 2.75) is 83.1 Å². The van der Waals surface area contributed by atoms with Gasteiger partial charge in [-0.25, -0.2) is 4.68 Å². The second-order valence-electron chi connectivity index (χ2n) is 13.1. The molecule has 0 spiro atoms. The molecule has 45 heavy (non-hydrogen) atoms. The van der Waals surface area contributed by atoms with Crippen LogP contribution in [-0.4, -0.2) is 45.8 Å². The predicted octanol–water partition coefficient (Wildman–Crippen LogP) is 7.97. The molecule has 0 radical (unpaired) electrons. The van der Waals surface area contributed by atoms with Crippen LogP contribution in [0.3, 0.4) is 0 Å². The zero-order chi connectivity index (χ0) is 30.8. The fourth-order valence-corrected chi connectivity index (χ4v) is 7.33. The lowest BCUT2D eigenvalue weighted by molar-refractivity contribution is -0.116. The highest BCUT2D eigenvalue weighted by Crippen LogP contribution is 2.33. The number of fused-ring (bicyclic) bond motifs is 1. The molecule has 3 aromatic carbocycles. The van der Waals surface area contributed by atoms with E-state index in [2.05, 4.69) is 95.5 Å². The third-order valence-corrected chi connectivity index (χ3v) is 9.97. The van der Waals surface area contributed by atoms with Crippen molar-refractivity contribution in [2.24, 2.45) is 0 Å². The van der Waals surface area contributed by atoms with Crippen LogP contribution in [0.15, 0.2) is 78.4 Å². The Bertz CT molecular complexity index is 1690. The van der Waals surface area contributed by atoms with Crippen LogP contribution in [0.4, 0.5) is 0 Å². The number of hydrogen-bond donors (Lipinski definition) is 1. The summed E-state index contributed by atoms with van der Waals surface area (Å²) >= 11 is 0. The maximum atomic E-state index is 12.9. The number of amides is 1. The molecule has 0 saturated carbocycles. The van der Waals surface area contributed by atoms with Gasteiger partial charge in [-0.1, -0.05) is 73.2 Å². The van der Waals surface area contributed by atoms with Crippen molar-refractivity contribution < 1.29 is 9.53 Å². The average Bonchev–Trinajstić information content (AvgIpc) is 3.62. The van der Waals surface area contributed by atoms with Crippen LogP contribution in [0, 0.1) is 0 Å². The molecule has 1 amide bonds. The van der Waals surface area contributed by atoms with Gasteiger partial charge in [0.15, 0.2) is 6.23 Å². The Morgan fingerprint density at radius 1 is 0.889 bits per heavy atom. The Morgan fingerprint density at radius 3 is 2.42 bits per heavy atom. The monoisotopic (exact) mass is 600 g/mol. The Kier molecular flexibility index (Phi) is 8.68. The fourth-order valence-electron chi connectivity index (χ4n) is 7.33. The Morgan fingerprint density at radius 2 is 1.67 bits per heavy atom. The first-order chi connectivity index (χ1) is 22.0. The maximum Gasteiger partial charge on any atom is 0.247 e. The second kappa shape index (κ2) is 13.2. The topological polar surface area (TPSA) is 59.4 Å². The minimum Gasteiger partial charge on any atom is -0.356 e. The second-order valence-corrected chi connectivity index (χ2v) is 13.1. The quantitative estimate of drug-likeness (QED) is 0.219. The van der Waals surface area contributed by atoms with Gasteiger partial charge in [0.1, 0.15) is 0 Å². The van der Waals surface area contributed by atoms with Crippen LogP contribution in [-0.2, 0) is 16.1 Å². The Balaban J connectivity index is 1.17. The van der Waals surface area contributed by atoms with Crippen molar-refractivity contribution in [3.63, 3.8) is 0 Å². The van der Waals surface area contributed by atoms with E-state index in [0.29, 0.717) is 18.6 Å². The number of nitrogens with one attached hydrogen (secondary N) is 1. The SMILES string of the molecule is C[C@@H]1CCC[C@H](C)N1Cc1ccc(/C=C/c2nn(C3CCCCO3)c3cc(/C=C4/C(=O)NC[C@@H]4c4ccccc4)ccc23)cc1. The molecule has 4 heterocycles. The van der Waals surface area contributed by atoms with Gasteiger partial charge in [-0.2, -0.15) is 5.10 Å². The number of nitrogens with zero attached hydrogens (tertiary/aromatic N) is 3. The minimum atomic E-state index is -0.0861. The molecule has 4 atom stereocenters. The summed E-state index contributed by atoms with van der Waals surface area (Å²) in [7, 11) is 0. The highest BCUT2D eigenvalue weighted by molar-refractivity contribution is 6.02. The van der Waals surface area contributed by atoms with Crippen LogP contribution < -0.4 is 5.32 Å². The summed E-state index contributed by atoms with van der Waals surface area (Å²) in [6.45, 7) is 7.11. The summed E-state index contributed by atoms with van der Waals surface area (Å²) in [5.41, 5.74) is 7.44. The van der Waals surface area contributed by atoms with Crippen LogP contribution >= 0.6 is 0 Å². The van der Waals surface area contributed by atoms with Gasteiger partial charge in [-0.15, -0.1) is 0 Å². The average molecular weight is 601 g/mol. The maximum absolute atomic E-state index is 12.9. The normalized spacial score (nSPS) is 25.4. The molecule has 3 aliphatic heterocycles. The predicted molar refractivity (Wildman–Crippen MR) is 182 cm³/mol. The minimum absolute atomic E-state index is 0.00247. The van der Waals surface area contributed by atoms with Crippen molar-refractivity contribution in [1.82, 2.24) is 20.0 Å². The van der Waals surface area contributed by atoms with Crippen molar-refractivity contribution in [3.05, 3.63) is 106 Å². The number of hydrogen-bond acceptors (Lipinski definition) is 4. The third-order valence-electron chi connectivity index (χ3n) is 9.97. The van der Waals surface area contributed by atoms with Gasteiger partial charge in [0, 0.05) is 48.7 Å². The summed E-state index contributed by atoms with van der Waals surface area (Å²) in [5.74, 6) is 0.0418. The van der Waals surface area contributed by atoms with E-state index in [9.17, 15) is 4.79 Å². The molecule has 1 N–H and O–H groups in total. The first kappa shape index (κ1) is 29.7. The number of piperidine rings is 1. The van der Waals surface area contributed by atoms with Crippen molar-refractivity contribution in [1.29, 1.82) is 0 Å². The number of benzene rings is 3. The highest BCUT2D eigenvalue weighted by atomic mass is 16.5. The summed E-state index contributed by atoms with van der Waals surface area (Å²) in [4.78, 5) is 15.5. The van der Waals surface area contributed by atoms with Gasteiger partial charge in [-0.3, -0.25) is 9.69 Å². The van der Waals surface area contributed by atoms with E-state index < -0.39 is 0 Å². The van der Waals surface area contributed by atoms with Crippen LogP contribution in [0.1, 0.15) is 92.5 Å². The Hall–Kier alpha value is -4.00. The molecule has 0 aliphatic carbocycles. The molecule has 1 unspecified atom stereocenters. The summed E-state index contributed by atoms with van der Waals surface area (Å²) in [5, 5.41) is 9.22. The van der Waals surface area contributed by atoms with Crippen LogP contribution in [0.25, 0.3) is 29.1 Å². The molecule has 3 saturated heterocycles. The standard InChI is InChI=1S/C39H44N4O2/c1-27-9-8-10-28(2)42(27)26-30-16-14-29(15-17-30)19-21-36-33-20-18-31(24-37(33)43(41-36)38-13-6-7-22-45-38)23-34-35(25-40-39(34)44)32-11-4-3-5-12-32/h3-5,11-12,14-21,23-24,27-28,35,38H,6-10,13,22,25-26H2,1-2H3,(H,40,44)/b21-19+,34-23+/t27-,28+,35-,38?/m1/s1. The van der Waals surface area contributed by atoms with Gasteiger partial charge >= 0.3 is 0 Å². The van der Waals surface area contributed by atoms with E-state index in [0.717, 1.165) is 71.3 Å². The molecule has 3 aliphatic rings. The van der Waals surface area contributed by atoms with E-state index in [-0.39, 0.29) is 18.1 Å². The van der Waals surface area contributed by atoms with Crippen molar-refractivity contribution >= 4 is 35.0 Å². The number of aromatic nitrogens is 2. The number of likely N-dealkylation sites (tertiary alicyclic amines) is 1. The van der Waals surface area contributed by atoms with Gasteiger partial charge < -0.3 is 10.1 Å². The van der Waals surface area contributed by atoms with Crippen molar-refractivity contribution in [3.8, 4) is 0 Å². The van der Waals surface area contributed by atoms with Gasteiger partial charge in [0.25, 0.3) is 0 Å². The molecule has 6 heteroatoms. The summed E-state index contributed by atoms with van der Waals surface area (Å²) in [6, 6.07) is 26.9. The third kappa shape index (κ3) is 6.40. The summed E-state index contributed by atoms with van der Waals surface area (Å²) in [6.07, 6.45) is 13.3. The van der Waals surface area contributed by atoms with Crippen LogP contribution in [0.2, 0.25) is 0 Å². The molecule has 1 aromatic heterocycles. The number of rotatable bonds is 7. The lowest BCUT2D eigenvalue weighted by atomic mass is 9.92. The van der Waals surface area contributed by atoms with Gasteiger partial charge in [0.2, 0.25) is 5.91 Å². The molecule has 4 aromatic rings. The van der Waals surface area contributed by atoms with E-state index in [1.54, 1.807) is 0 Å². The number of carbonyl (C=O) groups is 1.